The Morgan fingerprint density at radius 3 is 2.70 bits per heavy atom. The van der Waals surface area contributed by atoms with Crippen molar-refractivity contribution in [3.05, 3.63) is 27.6 Å². The van der Waals surface area contributed by atoms with Crippen molar-refractivity contribution in [2.75, 3.05) is 0 Å². The minimum absolute atomic E-state index is 0.0125. The first kappa shape index (κ1) is 7.46. The fraction of sp³-hybridized carbons (Fsp3) is 0. The van der Waals surface area contributed by atoms with E-state index in [1.54, 1.807) is 6.07 Å². The Morgan fingerprint density at radius 1 is 1.60 bits per heavy atom. The molecular weight excluding hydrogens is 241 g/mol. The van der Waals surface area contributed by atoms with E-state index in [4.69, 9.17) is 11.1 Å². The fourth-order valence-electron chi connectivity index (χ4n) is 0.558. The van der Waals surface area contributed by atoms with Gasteiger partial charge in [0.25, 0.3) is 0 Å². The second-order valence-corrected chi connectivity index (χ2v) is 2.86. The molecule has 0 saturated carbocycles. The highest BCUT2D eigenvalue weighted by Gasteiger charge is 1.95. The largest absolute Gasteiger partial charge is 0.382 e. The lowest BCUT2D eigenvalue weighted by molar-refractivity contribution is 1.22. The van der Waals surface area contributed by atoms with Gasteiger partial charge in [0, 0.05) is 0 Å². The molecule has 0 aliphatic heterocycles. The molecule has 0 unspecified atom stereocenters. The second-order valence-electron chi connectivity index (χ2n) is 1.76. The van der Waals surface area contributed by atoms with Gasteiger partial charge in [-0.05, 0) is 34.7 Å². The molecule has 0 bridgehead atoms. The van der Waals surface area contributed by atoms with Crippen LogP contribution in [0.3, 0.4) is 0 Å². The van der Waals surface area contributed by atoms with E-state index in [1.807, 2.05) is 12.1 Å². The van der Waals surface area contributed by atoms with Crippen LogP contribution in [0.15, 0.2) is 18.2 Å². The zero-order valence-electron chi connectivity index (χ0n) is 5.13. The number of nitrogens with zero attached hydrogens (tertiary/aromatic N) is 1. The van der Waals surface area contributed by atoms with Gasteiger partial charge in [0.2, 0.25) is 0 Å². The molecule has 52 valence electrons. The number of hydrogen-bond acceptors (Lipinski definition) is 2. The molecular formula is C6H6IN3. The first-order chi connectivity index (χ1) is 4.70. The molecule has 0 aliphatic rings. The monoisotopic (exact) mass is 247 g/mol. The summed E-state index contributed by atoms with van der Waals surface area (Å²) in [6.07, 6.45) is 0. The molecule has 1 aromatic heterocycles. The molecule has 0 amide bonds. The minimum Gasteiger partial charge on any atom is -0.382 e. The van der Waals surface area contributed by atoms with Crippen LogP contribution < -0.4 is 5.73 Å². The van der Waals surface area contributed by atoms with Gasteiger partial charge >= 0.3 is 0 Å². The molecule has 0 spiro atoms. The van der Waals surface area contributed by atoms with Crippen LogP contribution in [0.4, 0.5) is 0 Å². The number of amidine groups is 1. The Hall–Kier alpha value is -0.650. The summed E-state index contributed by atoms with van der Waals surface area (Å²) in [5, 5.41) is 7.04. The topological polar surface area (TPSA) is 62.8 Å². The maximum Gasteiger partial charge on any atom is 0.141 e. The smallest absolute Gasteiger partial charge is 0.141 e. The van der Waals surface area contributed by atoms with Crippen molar-refractivity contribution in [3.63, 3.8) is 0 Å². The zero-order valence-corrected chi connectivity index (χ0v) is 7.29. The molecule has 1 rings (SSSR count). The third-order valence-corrected chi connectivity index (χ3v) is 1.59. The number of nitrogens with one attached hydrogen (secondary N) is 1. The lowest BCUT2D eigenvalue weighted by Crippen LogP contribution is -2.13. The molecule has 0 atom stereocenters. The molecule has 0 saturated heterocycles. The summed E-state index contributed by atoms with van der Waals surface area (Å²) in [4.78, 5) is 4.01. The molecule has 10 heavy (non-hydrogen) atoms. The summed E-state index contributed by atoms with van der Waals surface area (Å²) in [5.74, 6) is 0.0125. The maximum absolute atomic E-state index is 7.04. The van der Waals surface area contributed by atoms with Gasteiger partial charge in [0.05, 0.1) is 0 Å². The third kappa shape index (κ3) is 1.66. The molecule has 4 heteroatoms. The van der Waals surface area contributed by atoms with Crippen LogP contribution in [0.2, 0.25) is 0 Å². The summed E-state index contributed by atoms with van der Waals surface area (Å²) in [6.45, 7) is 0. The van der Waals surface area contributed by atoms with E-state index < -0.39 is 0 Å². The highest BCUT2D eigenvalue weighted by atomic mass is 127. The van der Waals surface area contributed by atoms with Crippen molar-refractivity contribution >= 4 is 28.4 Å². The van der Waals surface area contributed by atoms with Crippen LogP contribution >= 0.6 is 22.6 Å². The third-order valence-electron chi connectivity index (χ3n) is 0.991. The van der Waals surface area contributed by atoms with E-state index in [9.17, 15) is 0 Å². The first-order valence-corrected chi connectivity index (χ1v) is 3.75. The van der Waals surface area contributed by atoms with Gasteiger partial charge in [-0.15, -0.1) is 0 Å². The van der Waals surface area contributed by atoms with Gasteiger partial charge in [-0.1, -0.05) is 6.07 Å². The fourth-order valence-corrected chi connectivity index (χ4v) is 1.03. The van der Waals surface area contributed by atoms with Gasteiger partial charge < -0.3 is 5.73 Å². The highest BCUT2D eigenvalue weighted by molar-refractivity contribution is 14.1. The molecule has 1 heterocycles. The summed E-state index contributed by atoms with van der Waals surface area (Å²) < 4.78 is 0.852. The summed E-state index contributed by atoms with van der Waals surface area (Å²) in [5.41, 5.74) is 5.73. The SMILES string of the molecule is N=C(N)c1cccc(I)n1. The van der Waals surface area contributed by atoms with Crippen molar-refractivity contribution in [2.45, 2.75) is 0 Å². The van der Waals surface area contributed by atoms with Gasteiger partial charge in [0.1, 0.15) is 15.2 Å². The average Bonchev–Trinajstić information content (AvgIpc) is 1.88. The van der Waals surface area contributed by atoms with Gasteiger partial charge in [0.15, 0.2) is 0 Å². The van der Waals surface area contributed by atoms with Crippen LogP contribution in [-0.2, 0) is 0 Å². The quantitative estimate of drug-likeness (QED) is 0.336. The normalized spacial score (nSPS) is 9.30. The van der Waals surface area contributed by atoms with Gasteiger partial charge in [-0.2, -0.15) is 0 Å². The zero-order chi connectivity index (χ0) is 7.56. The Morgan fingerprint density at radius 2 is 2.30 bits per heavy atom. The summed E-state index contributed by atoms with van der Waals surface area (Å²) in [6, 6.07) is 5.39. The minimum atomic E-state index is 0.0125. The number of hydrogen-bond donors (Lipinski definition) is 2. The average molecular weight is 247 g/mol. The number of rotatable bonds is 1. The van der Waals surface area contributed by atoms with Crippen LogP contribution in [0, 0.1) is 9.11 Å². The summed E-state index contributed by atoms with van der Waals surface area (Å²) >= 11 is 2.08. The van der Waals surface area contributed by atoms with Crippen LogP contribution in [-0.4, -0.2) is 10.8 Å². The number of nitrogen functional groups attached to an aromatic ring is 1. The van der Waals surface area contributed by atoms with Crippen LogP contribution in [0.25, 0.3) is 0 Å². The maximum atomic E-state index is 7.04. The van der Waals surface area contributed by atoms with Crippen molar-refractivity contribution < 1.29 is 0 Å². The standard InChI is InChI=1S/C6H6IN3/c7-5-3-1-2-4(10-5)6(8)9/h1-3H,(H3,8,9). The predicted molar refractivity (Wildman–Crippen MR) is 48.0 cm³/mol. The molecule has 3 nitrogen and oxygen atoms in total. The first-order valence-electron chi connectivity index (χ1n) is 2.67. The Balaban J connectivity index is 3.07. The van der Waals surface area contributed by atoms with Crippen molar-refractivity contribution in [2.24, 2.45) is 5.73 Å². The molecule has 0 fully saturated rings. The van der Waals surface area contributed by atoms with E-state index in [-0.39, 0.29) is 5.84 Å². The number of nitrogens with two attached hydrogens (primary N) is 1. The molecule has 1 aromatic rings. The summed E-state index contributed by atoms with van der Waals surface area (Å²) in [7, 11) is 0. The van der Waals surface area contributed by atoms with Crippen molar-refractivity contribution in [1.29, 1.82) is 5.41 Å². The lowest BCUT2D eigenvalue weighted by Gasteiger charge is -1.95. The number of halogens is 1. The van der Waals surface area contributed by atoms with E-state index in [2.05, 4.69) is 27.6 Å². The predicted octanol–water partition coefficient (Wildman–Crippen LogP) is 0.970. The Bertz CT molecular complexity index is 259. The van der Waals surface area contributed by atoms with E-state index in [1.165, 1.54) is 0 Å². The highest BCUT2D eigenvalue weighted by Crippen LogP contribution is 2.00. The van der Waals surface area contributed by atoms with Gasteiger partial charge in [-0.3, -0.25) is 5.41 Å². The van der Waals surface area contributed by atoms with Crippen LogP contribution in [0.1, 0.15) is 5.69 Å². The van der Waals surface area contributed by atoms with Crippen LogP contribution in [0.5, 0.6) is 0 Å². The lowest BCUT2D eigenvalue weighted by atomic mass is 10.3. The molecule has 0 aliphatic carbocycles. The van der Waals surface area contributed by atoms with E-state index >= 15 is 0 Å². The van der Waals surface area contributed by atoms with Gasteiger partial charge in [-0.25, -0.2) is 4.98 Å². The second kappa shape index (κ2) is 2.96. The van der Waals surface area contributed by atoms with Crippen molar-refractivity contribution in [1.82, 2.24) is 4.98 Å². The molecule has 3 N–H and O–H groups in total. The molecule has 0 radical (unpaired) electrons. The van der Waals surface area contributed by atoms with E-state index in [0.29, 0.717) is 5.69 Å². The van der Waals surface area contributed by atoms with Crippen molar-refractivity contribution in [3.8, 4) is 0 Å². The Labute approximate surface area is 72.3 Å². The number of aromatic nitrogens is 1. The number of pyridine rings is 1. The molecule has 0 aromatic carbocycles. The Kier molecular flexibility index (Phi) is 2.21. The van der Waals surface area contributed by atoms with E-state index in [0.717, 1.165) is 3.70 Å².